The van der Waals surface area contributed by atoms with Crippen LogP contribution in [0.15, 0.2) is 66.7 Å². The Kier molecular flexibility index (Phi) is 10.1. The van der Waals surface area contributed by atoms with Gasteiger partial charge in [-0.2, -0.15) is 5.26 Å². The zero-order valence-electron chi connectivity index (χ0n) is 33.0. The Morgan fingerprint density at radius 2 is 1.33 bits per heavy atom. The lowest BCUT2D eigenvalue weighted by atomic mass is 9.60. The summed E-state index contributed by atoms with van der Waals surface area (Å²) in [5.74, 6) is -0.0586. The van der Waals surface area contributed by atoms with Crippen molar-refractivity contribution in [3.63, 3.8) is 0 Å². The maximum Gasteiger partial charge on any atom is 0.328 e. The number of likely N-dealkylation sites (tertiary alicyclic amines) is 1. The summed E-state index contributed by atoms with van der Waals surface area (Å²) in [5.41, 5.74) is 6.25. The van der Waals surface area contributed by atoms with Gasteiger partial charge in [0.2, 0.25) is 5.91 Å². The van der Waals surface area contributed by atoms with E-state index in [0.29, 0.717) is 41.1 Å². The van der Waals surface area contributed by atoms with Crippen LogP contribution in [0.2, 0.25) is 5.02 Å². The minimum absolute atomic E-state index is 0.159. The summed E-state index contributed by atoms with van der Waals surface area (Å²) >= 11 is 6.39. The number of anilines is 4. The van der Waals surface area contributed by atoms with Crippen molar-refractivity contribution in [1.82, 2.24) is 15.1 Å². The van der Waals surface area contributed by atoms with Gasteiger partial charge in [0.25, 0.3) is 5.91 Å². The number of urea groups is 1. The van der Waals surface area contributed by atoms with Crippen LogP contribution in [-0.2, 0) is 4.79 Å². The van der Waals surface area contributed by atoms with Gasteiger partial charge in [-0.05, 0) is 129 Å². The Hall–Kier alpha value is -4.79. The standard InChI is InChI=1S/C45H53ClN8O3/c1-32-27-45(31-54(32)38-7-4-34(30-47)40(46)26-38)15-18-49(19-16-45)35-5-2-33(3-6-35)42(56)52-20-13-44(14-21-52)28-39(29-44)51-24-22-50(23-25-51)36-8-10-37(11-9-36)53-17-12-41(55)48-43(53)57/h2-11,26,32,39H,12-25,27-29,31H2,1H3,(H,48,55,57)/t32-/m0/s1. The molecule has 3 aromatic rings. The van der Waals surface area contributed by atoms with Crippen LogP contribution in [0.25, 0.3) is 0 Å². The molecule has 1 aliphatic carbocycles. The average molecular weight is 789 g/mol. The lowest BCUT2D eigenvalue weighted by molar-refractivity contribution is -0.120. The Balaban J connectivity index is 0.708. The third-order valence-corrected chi connectivity index (χ3v) is 14.6. The zero-order chi connectivity index (χ0) is 39.3. The smallest absolute Gasteiger partial charge is 0.328 e. The molecule has 1 saturated carbocycles. The van der Waals surface area contributed by atoms with E-state index in [1.807, 2.05) is 42.5 Å². The molecule has 2 spiro atoms. The van der Waals surface area contributed by atoms with Gasteiger partial charge >= 0.3 is 6.03 Å². The maximum absolute atomic E-state index is 13.6. The number of imide groups is 1. The highest BCUT2D eigenvalue weighted by atomic mass is 35.5. The van der Waals surface area contributed by atoms with E-state index in [9.17, 15) is 19.6 Å². The second kappa shape index (κ2) is 15.2. The van der Waals surface area contributed by atoms with Crippen molar-refractivity contribution >= 4 is 52.2 Å². The first-order valence-electron chi connectivity index (χ1n) is 20.9. The van der Waals surface area contributed by atoms with Gasteiger partial charge in [0.1, 0.15) is 6.07 Å². The highest BCUT2D eigenvalue weighted by Crippen LogP contribution is 2.51. The molecule has 0 bridgehead atoms. The van der Waals surface area contributed by atoms with E-state index in [0.717, 1.165) is 108 Å². The van der Waals surface area contributed by atoms with Crippen LogP contribution in [0, 0.1) is 22.2 Å². The van der Waals surface area contributed by atoms with Gasteiger partial charge in [0.15, 0.2) is 0 Å². The average Bonchev–Trinajstić information content (AvgIpc) is 3.55. The molecule has 1 atom stereocenters. The predicted octanol–water partition coefficient (Wildman–Crippen LogP) is 6.75. The number of nitrogens with zero attached hydrogens (tertiary/aromatic N) is 7. The molecule has 0 aromatic heterocycles. The number of nitriles is 1. The number of piperidine rings is 2. The molecule has 9 rings (SSSR count). The Morgan fingerprint density at radius 3 is 1.96 bits per heavy atom. The number of piperazine rings is 1. The molecule has 11 nitrogen and oxygen atoms in total. The van der Waals surface area contributed by atoms with Crippen molar-refractivity contribution in [3.05, 3.63) is 82.9 Å². The first-order valence-corrected chi connectivity index (χ1v) is 21.3. The van der Waals surface area contributed by atoms with Crippen molar-refractivity contribution in [3.8, 4) is 6.07 Å². The molecule has 5 aliphatic heterocycles. The highest BCUT2D eigenvalue weighted by molar-refractivity contribution is 6.32. The van der Waals surface area contributed by atoms with Gasteiger partial charge < -0.3 is 19.6 Å². The molecule has 3 aromatic carbocycles. The van der Waals surface area contributed by atoms with E-state index in [4.69, 9.17) is 11.6 Å². The molecule has 5 heterocycles. The largest absolute Gasteiger partial charge is 0.371 e. The number of nitrogens with one attached hydrogen (secondary N) is 1. The zero-order valence-corrected chi connectivity index (χ0v) is 33.7. The normalized spacial score (nSPS) is 23.8. The Labute approximate surface area is 341 Å². The summed E-state index contributed by atoms with van der Waals surface area (Å²) in [5, 5.41) is 12.2. The van der Waals surface area contributed by atoms with E-state index in [-0.39, 0.29) is 23.3 Å². The summed E-state index contributed by atoms with van der Waals surface area (Å²) in [7, 11) is 0. The number of amides is 4. The van der Waals surface area contributed by atoms with Crippen LogP contribution in [0.4, 0.5) is 27.5 Å². The molecule has 57 heavy (non-hydrogen) atoms. The fourth-order valence-corrected chi connectivity index (χ4v) is 11.0. The number of benzene rings is 3. The Morgan fingerprint density at radius 1 is 0.737 bits per heavy atom. The summed E-state index contributed by atoms with van der Waals surface area (Å²) in [6, 6.07) is 25.2. The number of carbonyl (C=O) groups excluding carboxylic acids is 3. The highest BCUT2D eigenvalue weighted by Gasteiger charge is 2.49. The fraction of sp³-hybridized carbons (Fsp3) is 0.511. The second-order valence-electron chi connectivity index (χ2n) is 17.6. The summed E-state index contributed by atoms with van der Waals surface area (Å²) < 4.78 is 0. The van der Waals surface area contributed by atoms with E-state index >= 15 is 0 Å². The van der Waals surface area contributed by atoms with Crippen LogP contribution in [0.5, 0.6) is 0 Å². The van der Waals surface area contributed by atoms with Gasteiger partial charge in [-0.25, -0.2) is 4.79 Å². The van der Waals surface area contributed by atoms with Gasteiger partial charge in [-0.15, -0.1) is 0 Å². The van der Waals surface area contributed by atoms with Crippen LogP contribution in [0.1, 0.15) is 74.2 Å². The summed E-state index contributed by atoms with van der Waals surface area (Å²) in [4.78, 5) is 51.1. The summed E-state index contributed by atoms with van der Waals surface area (Å²) in [6.07, 6.45) is 8.40. The summed E-state index contributed by atoms with van der Waals surface area (Å²) in [6.45, 7) is 11.5. The van der Waals surface area contributed by atoms with Gasteiger partial charge in [0, 0.05) is 112 Å². The number of hydrogen-bond donors (Lipinski definition) is 1. The van der Waals surface area contributed by atoms with Gasteiger partial charge in [0.05, 0.1) is 10.6 Å². The first kappa shape index (κ1) is 37.8. The van der Waals surface area contributed by atoms with E-state index in [2.05, 4.69) is 67.1 Å². The molecule has 4 amide bonds. The molecule has 6 fully saturated rings. The third-order valence-electron chi connectivity index (χ3n) is 14.3. The monoisotopic (exact) mass is 788 g/mol. The third kappa shape index (κ3) is 7.43. The van der Waals surface area contributed by atoms with E-state index in [1.165, 1.54) is 24.2 Å². The van der Waals surface area contributed by atoms with Crippen molar-refractivity contribution in [2.45, 2.75) is 70.4 Å². The number of carbonyl (C=O) groups is 3. The number of rotatable bonds is 6. The molecule has 298 valence electrons. The molecular formula is C45H53ClN8O3. The van der Waals surface area contributed by atoms with E-state index in [1.54, 1.807) is 4.90 Å². The van der Waals surface area contributed by atoms with Gasteiger partial charge in [-0.3, -0.25) is 24.7 Å². The van der Waals surface area contributed by atoms with Crippen molar-refractivity contribution in [2.24, 2.45) is 10.8 Å². The SMILES string of the molecule is C[C@H]1CC2(CCN(c3ccc(C(=O)N4CCC5(CC4)CC(N4CCN(c6ccc(N7CCC(=O)NC7=O)cc6)CC4)C5)cc3)CC2)CN1c1ccc(C#N)c(Cl)c1. The Bertz CT molecular complexity index is 2040. The second-order valence-corrected chi connectivity index (χ2v) is 18.0. The maximum atomic E-state index is 13.6. The van der Waals surface area contributed by atoms with Crippen molar-refractivity contribution < 1.29 is 14.4 Å². The molecule has 0 radical (unpaired) electrons. The van der Waals surface area contributed by atoms with Crippen molar-refractivity contribution in [2.75, 3.05) is 85.0 Å². The van der Waals surface area contributed by atoms with Crippen molar-refractivity contribution in [1.29, 1.82) is 5.26 Å². The molecule has 0 unspecified atom stereocenters. The lowest BCUT2D eigenvalue weighted by Gasteiger charge is -2.56. The lowest BCUT2D eigenvalue weighted by Crippen LogP contribution is -2.59. The number of hydrogen-bond acceptors (Lipinski definition) is 8. The minimum Gasteiger partial charge on any atom is -0.371 e. The fourth-order valence-electron chi connectivity index (χ4n) is 10.8. The molecule has 12 heteroatoms. The first-order chi connectivity index (χ1) is 27.6. The van der Waals surface area contributed by atoms with Crippen LogP contribution in [0.3, 0.4) is 0 Å². The molecule has 6 aliphatic rings. The minimum atomic E-state index is -0.350. The van der Waals surface area contributed by atoms with Crippen LogP contribution in [-0.4, -0.2) is 105 Å². The number of halogens is 1. The molecule has 5 saturated heterocycles. The molecule has 1 N–H and O–H groups in total. The topological polar surface area (TPSA) is 106 Å². The quantitative estimate of drug-likeness (QED) is 0.293. The van der Waals surface area contributed by atoms with Crippen LogP contribution >= 0.6 is 11.6 Å². The predicted molar refractivity (Wildman–Crippen MR) is 224 cm³/mol. The molecular weight excluding hydrogens is 736 g/mol. The van der Waals surface area contributed by atoms with Crippen LogP contribution < -0.4 is 24.9 Å². The van der Waals surface area contributed by atoms with Gasteiger partial charge in [-0.1, -0.05) is 11.6 Å². The van der Waals surface area contributed by atoms with E-state index < -0.39 is 0 Å².